The van der Waals surface area contributed by atoms with Gasteiger partial charge in [0, 0.05) is 12.8 Å². The molecule has 0 radical (unpaired) electrons. The second kappa shape index (κ2) is 46.2. The maximum Gasteiger partial charge on any atom is 0.416 e. The number of esters is 3. The van der Waals surface area contributed by atoms with Crippen LogP contribution in [0.3, 0.4) is 0 Å². The first-order valence-electron chi connectivity index (χ1n) is 35.2. The van der Waals surface area contributed by atoms with Crippen LogP contribution in [0.25, 0.3) is 0 Å². The molecule has 3 aliphatic rings. The molecule has 0 aliphatic carbocycles. The fraction of sp³-hybridized carbons (Fsp3) is 0.388. The third kappa shape index (κ3) is 36.7. The minimum Gasteiger partial charge on any atom is -0.481 e. The van der Waals surface area contributed by atoms with Gasteiger partial charge in [0.25, 0.3) is 0 Å². The van der Waals surface area contributed by atoms with E-state index in [-0.39, 0.29) is 79.7 Å². The van der Waals surface area contributed by atoms with Crippen molar-refractivity contribution in [3.05, 3.63) is 251 Å². The number of amides is 5. The molecule has 0 unspecified atom stereocenters. The van der Waals surface area contributed by atoms with Gasteiger partial charge in [0.15, 0.2) is 0 Å². The lowest BCUT2D eigenvalue weighted by atomic mass is 9.93. The summed E-state index contributed by atoms with van der Waals surface area (Å²) in [6.07, 6.45) is 3.03. The summed E-state index contributed by atoms with van der Waals surface area (Å²) in [5.41, 5.74) is 5.78. The Hall–Kier alpha value is -9.99. The number of cyclic esters (lactones) is 3. The largest absolute Gasteiger partial charge is 0.481 e. The van der Waals surface area contributed by atoms with Gasteiger partial charge in [0.05, 0.1) is 42.8 Å². The SMILES string of the molecule is C.CC(C)(C)OC(=O)CBr.CC(C)(C)OC(=O)C[C@@H](Cc1ccccc1)C(=O)N1C(=O)OC[C@@H]1Cc1ccccc1.CC(C)(C)OC(=O)C[C@@H](Cc1ccccc1)C(=O)O.O=C(CCc1ccccc1)N1C(=O)OC[C@@H]1Cc1ccccc1.O=C(Cl)CCc1ccccc1.O=C1N[C@@H](Cc2ccccc2)CO1. The second-order valence-electron chi connectivity index (χ2n) is 28.2. The summed E-state index contributed by atoms with van der Waals surface area (Å²) in [6, 6.07) is 67.4. The summed E-state index contributed by atoms with van der Waals surface area (Å²) in [5.74, 6) is -4.18. The number of carbonyl (C=O) groups excluding carboxylic acids is 9. The first kappa shape index (κ1) is 89.4. The molecule has 20 nitrogen and oxygen atoms in total. The quantitative estimate of drug-likeness (QED) is 0.0261. The standard InChI is InChI=1S/C25H29NO5.C19H19NO3.C15H20O4.C10H11NO2.C9H9ClO.C6H11BrO2.CH4/c1-25(2,3)31-22(27)16-20(14-18-10-6-4-7-11-18)23(28)26-21(17-30-24(26)29)15-19-12-8-5-9-13-19;21-18(12-11-15-7-3-1-4-8-15)20-17(14-23-19(20)22)13-16-9-5-2-6-10-16;1-15(2,3)19-13(16)10-12(14(17)18)9-11-7-5-4-6-8-11;12-10-11-9(7-13-10)6-8-4-2-1-3-5-8;10-9(11)7-6-8-4-2-1-3-5-8;1-6(2,3)9-5(8)4-7;/h4-13,20-21H,14-17H2,1-3H3;1-10,17H,11-14H2;4-8,12H,9-10H2,1-3H3,(H,17,18);1-5,9H,6-7H2,(H,11,12);1-5H,6-7H2;4H2,1-3H3;1H4/t20-,21+;17-;12-;9-;;;/m1010.../s1. The number of benzene rings is 7. The first-order valence-corrected chi connectivity index (χ1v) is 36.7. The molecular weight excluding hydrogens is 1450 g/mol. The van der Waals surface area contributed by atoms with Crippen LogP contribution >= 0.6 is 27.5 Å². The second-order valence-corrected chi connectivity index (χ2v) is 29.2. The van der Waals surface area contributed by atoms with Crippen LogP contribution in [0.1, 0.15) is 134 Å². The van der Waals surface area contributed by atoms with Crippen molar-refractivity contribution in [2.75, 3.05) is 25.2 Å². The van der Waals surface area contributed by atoms with Gasteiger partial charge >= 0.3 is 42.2 Å². The molecular formula is C85H103BrClN3O17. The molecule has 3 aliphatic heterocycles. The van der Waals surface area contributed by atoms with Crippen LogP contribution in [0.15, 0.2) is 212 Å². The highest BCUT2D eigenvalue weighted by atomic mass is 79.9. The van der Waals surface area contributed by atoms with Gasteiger partial charge in [-0.05, 0) is 158 Å². The third-order valence-corrected chi connectivity index (χ3v) is 16.2. The molecule has 0 saturated carbocycles. The number of hydrogen-bond acceptors (Lipinski definition) is 16. The lowest BCUT2D eigenvalue weighted by molar-refractivity contribution is -0.159. The average molecular weight is 1550 g/mol. The maximum absolute atomic E-state index is 13.5. The highest BCUT2D eigenvalue weighted by Crippen LogP contribution is 2.26. The van der Waals surface area contributed by atoms with Crippen molar-refractivity contribution in [1.82, 2.24) is 15.1 Å². The zero-order valence-electron chi connectivity index (χ0n) is 61.8. The minimum atomic E-state index is -0.977. The molecule has 0 spiro atoms. The summed E-state index contributed by atoms with van der Waals surface area (Å²) in [7, 11) is 0. The van der Waals surface area contributed by atoms with Crippen LogP contribution < -0.4 is 5.32 Å². The van der Waals surface area contributed by atoms with Crippen LogP contribution in [0.5, 0.6) is 0 Å². The number of carbonyl (C=O) groups is 10. The van der Waals surface area contributed by atoms with Crippen molar-refractivity contribution in [2.45, 2.75) is 175 Å². The summed E-state index contributed by atoms with van der Waals surface area (Å²) in [6.45, 7) is 17.1. The molecule has 0 bridgehead atoms. The number of hydrogen-bond donors (Lipinski definition) is 2. The van der Waals surface area contributed by atoms with Crippen LogP contribution in [-0.4, -0.2) is 134 Å². The Bertz CT molecular complexity index is 3860. The predicted octanol–water partition coefficient (Wildman–Crippen LogP) is 16.1. The number of imide groups is 2. The van der Waals surface area contributed by atoms with E-state index < -0.39 is 65.1 Å². The van der Waals surface area contributed by atoms with Gasteiger partial charge in [-0.2, -0.15) is 0 Å². The smallest absolute Gasteiger partial charge is 0.416 e. The Labute approximate surface area is 643 Å². The number of carboxylic acid groups (broad SMARTS) is 1. The van der Waals surface area contributed by atoms with E-state index in [1.807, 2.05) is 233 Å². The number of carboxylic acids is 1. The summed E-state index contributed by atoms with van der Waals surface area (Å²) in [4.78, 5) is 120. The Morgan fingerprint density at radius 1 is 0.458 bits per heavy atom. The van der Waals surface area contributed by atoms with Crippen molar-refractivity contribution in [3.8, 4) is 0 Å². The Balaban J connectivity index is 0.000000284. The van der Waals surface area contributed by atoms with Crippen molar-refractivity contribution < 1.29 is 81.5 Å². The molecule has 22 heteroatoms. The van der Waals surface area contributed by atoms with Gasteiger partial charge in [-0.3, -0.25) is 33.6 Å². The highest BCUT2D eigenvalue weighted by Gasteiger charge is 2.42. The normalized spacial score (nSPS) is 15.4. The van der Waals surface area contributed by atoms with E-state index in [9.17, 15) is 53.1 Å². The molecule has 7 aromatic carbocycles. The number of halogens is 2. The van der Waals surface area contributed by atoms with E-state index in [2.05, 4.69) is 21.2 Å². The monoisotopic (exact) mass is 1550 g/mol. The number of alkyl carbamates (subject to hydrolysis) is 1. The topological polar surface area (TPSA) is 265 Å². The number of aliphatic carboxylic acids is 1. The Morgan fingerprint density at radius 2 is 0.785 bits per heavy atom. The molecule has 107 heavy (non-hydrogen) atoms. The number of nitrogens with one attached hydrogen (secondary N) is 1. The van der Waals surface area contributed by atoms with Gasteiger partial charge in [-0.25, -0.2) is 24.2 Å². The molecule has 3 heterocycles. The third-order valence-electron chi connectivity index (χ3n) is 15.6. The molecule has 3 fully saturated rings. The molecule has 10 rings (SSSR count). The zero-order chi connectivity index (χ0) is 77.7. The van der Waals surface area contributed by atoms with E-state index in [0.29, 0.717) is 51.6 Å². The van der Waals surface area contributed by atoms with E-state index in [1.54, 1.807) is 41.5 Å². The molecule has 7 aromatic rings. The average Bonchev–Trinajstić information content (AvgIpc) is 1.70. The Morgan fingerprint density at radius 3 is 1.13 bits per heavy atom. The van der Waals surface area contributed by atoms with Gasteiger partial charge in [0.2, 0.25) is 17.1 Å². The molecule has 0 aromatic heterocycles. The van der Waals surface area contributed by atoms with E-state index in [1.165, 1.54) is 15.4 Å². The number of alkyl halides is 1. The van der Waals surface area contributed by atoms with Crippen LogP contribution in [0.2, 0.25) is 0 Å². The van der Waals surface area contributed by atoms with Gasteiger partial charge in [-0.15, -0.1) is 0 Å². The molecule has 3 saturated heterocycles. The molecule has 574 valence electrons. The van der Waals surface area contributed by atoms with Crippen molar-refractivity contribution in [2.24, 2.45) is 11.8 Å². The minimum absolute atomic E-state index is 0. The summed E-state index contributed by atoms with van der Waals surface area (Å²) < 4.78 is 30.6. The van der Waals surface area contributed by atoms with Gasteiger partial charge in [-0.1, -0.05) is 236 Å². The number of ether oxygens (including phenoxy) is 6. The lowest BCUT2D eigenvalue weighted by Gasteiger charge is -2.26. The van der Waals surface area contributed by atoms with E-state index in [0.717, 1.165) is 46.2 Å². The van der Waals surface area contributed by atoms with Crippen molar-refractivity contribution in [1.29, 1.82) is 0 Å². The lowest BCUT2D eigenvalue weighted by Crippen LogP contribution is -2.45. The maximum atomic E-state index is 13.5. The molecule has 2 N–H and O–H groups in total. The van der Waals surface area contributed by atoms with Crippen molar-refractivity contribution >= 4 is 86.7 Å². The van der Waals surface area contributed by atoms with Gasteiger partial charge in [0.1, 0.15) is 42.0 Å². The van der Waals surface area contributed by atoms with Crippen LogP contribution in [0, 0.1) is 11.8 Å². The van der Waals surface area contributed by atoms with E-state index >= 15 is 0 Å². The highest BCUT2D eigenvalue weighted by molar-refractivity contribution is 9.09. The fourth-order valence-corrected chi connectivity index (χ4v) is 11.1. The van der Waals surface area contributed by atoms with Crippen molar-refractivity contribution in [3.63, 3.8) is 0 Å². The number of aryl methyl sites for hydroxylation is 2. The fourth-order valence-electron chi connectivity index (χ4n) is 10.9. The molecule has 5 atom stereocenters. The first-order chi connectivity index (χ1) is 50.3. The Kier molecular flexibility index (Phi) is 38.6. The molecule has 5 amide bonds. The number of rotatable bonds is 23. The van der Waals surface area contributed by atoms with Crippen LogP contribution in [0.4, 0.5) is 14.4 Å². The zero-order valence-corrected chi connectivity index (χ0v) is 64.2. The number of nitrogens with zero attached hydrogens (tertiary/aromatic N) is 2. The van der Waals surface area contributed by atoms with Crippen LogP contribution in [-0.2, 0) is 107 Å². The predicted molar refractivity (Wildman–Crippen MR) is 415 cm³/mol. The van der Waals surface area contributed by atoms with Gasteiger partial charge < -0.3 is 38.8 Å². The van der Waals surface area contributed by atoms with E-state index in [4.69, 9.17) is 40.0 Å². The summed E-state index contributed by atoms with van der Waals surface area (Å²) in [5, 5.41) is 11.9. The summed E-state index contributed by atoms with van der Waals surface area (Å²) >= 11 is 8.18.